The molecule has 0 saturated heterocycles. The Balaban J connectivity index is 2.15. The highest BCUT2D eigenvalue weighted by atomic mass is 16.5. The lowest BCUT2D eigenvalue weighted by molar-refractivity contribution is -0.121. The van der Waals surface area contributed by atoms with Crippen molar-refractivity contribution in [2.75, 3.05) is 6.61 Å². The molecule has 0 atom stereocenters. The predicted molar refractivity (Wildman–Crippen MR) is 110 cm³/mol. The molecule has 4 nitrogen and oxygen atoms in total. The molecule has 0 aliphatic rings. The van der Waals surface area contributed by atoms with Crippen LogP contribution in [-0.2, 0) is 4.79 Å². The number of nitrogens with zero attached hydrogens (tertiary/aromatic N) is 1. The Morgan fingerprint density at radius 1 is 0.923 bits per heavy atom. The lowest BCUT2D eigenvalue weighted by atomic mass is 10.1. The van der Waals surface area contributed by atoms with E-state index in [2.05, 4.69) is 17.5 Å². The molecule has 0 bridgehead atoms. The van der Waals surface area contributed by atoms with E-state index in [1.165, 1.54) is 44.9 Å². The van der Waals surface area contributed by atoms with Crippen molar-refractivity contribution in [3.8, 4) is 5.75 Å². The number of hydrogen-bond acceptors (Lipinski definition) is 3. The van der Waals surface area contributed by atoms with Crippen molar-refractivity contribution in [3.05, 3.63) is 29.8 Å². The second-order valence-corrected chi connectivity index (χ2v) is 6.77. The van der Waals surface area contributed by atoms with E-state index in [4.69, 9.17) is 4.74 Å². The van der Waals surface area contributed by atoms with E-state index in [1.54, 1.807) is 0 Å². The minimum atomic E-state index is -0.00164. The van der Waals surface area contributed by atoms with Crippen molar-refractivity contribution in [3.63, 3.8) is 0 Å². The predicted octanol–water partition coefficient (Wildman–Crippen LogP) is 5.85. The standard InChI is InChI=1S/C22H36N2O2/c1-4-6-7-8-9-10-11-12-13-14-22(25)24-23-19(3)20-15-17-21(18-16-20)26-5-2/h15-18H,4-14H2,1-3H3,(H,24,25). The van der Waals surface area contributed by atoms with Gasteiger partial charge in [-0.2, -0.15) is 5.10 Å². The summed E-state index contributed by atoms with van der Waals surface area (Å²) in [6.45, 7) is 6.76. The number of ether oxygens (including phenoxy) is 1. The van der Waals surface area contributed by atoms with E-state index in [0.29, 0.717) is 13.0 Å². The van der Waals surface area contributed by atoms with Crippen molar-refractivity contribution in [1.82, 2.24) is 5.43 Å². The number of benzene rings is 1. The van der Waals surface area contributed by atoms with Gasteiger partial charge in [-0.3, -0.25) is 4.79 Å². The van der Waals surface area contributed by atoms with Gasteiger partial charge in [0.25, 0.3) is 0 Å². The largest absolute Gasteiger partial charge is 0.494 e. The molecule has 0 fully saturated rings. The zero-order valence-corrected chi connectivity index (χ0v) is 16.9. The molecule has 0 aliphatic heterocycles. The third kappa shape index (κ3) is 10.2. The summed E-state index contributed by atoms with van der Waals surface area (Å²) in [6, 6.07) is 7.75. The summed E-state index contributed by atoms with van der Waals surface area (Å²) in [6.07, 6.45) is 11.9. The monoisotopic (exact) mass is 360 g/mol. The Hall–Kier alpha value is -1.84. The molecule has 0 aromatic heterocycles. The Morgan fingerprint density at radius 3 is 2.08 bits per heavy atom. The van der Waals surface area contributed by atoms with Gasteiger partial charge in [0.2, 0.25) is 5.91 Å². The summed E-state index contributed by atoms with van der Waals surface area (Å²) < 4.78 is 5.43. The van der Waals surface area contributed by atoms with Gasteiger partial charge in [0.15, 0.2) is 0 Å². The fourth-order valence-corrected chi connectivity index (χ4v) is 2.82. The van der Waals surface area contributed by atoms with Gasteiger partial charge in [0.05, 0.1) is 12.3 Å². The summed E-state index contributed by atoms with van der Waals surface area (Å²) >= 11 is 0. The van der Waals surface area contributed by atoms with E-state index in [0.717, 1.165) is 29.9 Å². The van der Waals surface area contributed by atoms with E-state index in [1.807, 2.05) is 38.1 Å². The lowest BCUT2D eigenvalue weighted by Gasteiger charge is -2.06. The van der Waals surface area contributed by atoms with E-state index in [-0.39, 0.29) is 5.91 Å². The molecule has 0 heterocycles. The van der Waals surface area contributed by atoms with Crippen molar-refractivity contribution < 1.29 is 9.53 Å². The molecule has 0 radical (unpaired) electrons. The molecule has 146 valence electrons. The van der Waals surface area contributed by atoms with Gasteiger partial charge in [-0.25, -0.2) is 5.43 Å². The van der Waals surface area contributed by atoms with Gasteiger partial charge in [-0.05, 0) is 50.1 Å². The number of amides is 1. The smallest absolute Gasteiger partial charge is 0.240 e. The maximum atomic E-state index is 11.9. The molecule has 1 N–H and O–H groups in total. The van der Waals surface area contributed by atoms with E-state index in [9.17, 15) is 4.79 Å². The van der Waals surface area contributed by atoms with Crippen molar-refractivity contribution in [2.45, 2.75) is 85.0 Å². The highest BCUT2D eigenvalue weighted by molar-refractivity contribution is 5.99. The van der Waals surface area contributed by atoms with Crippen LogP contribution in [0.15, 0.2) is 29.4 Å². The first-order valence-electron chi connectivity index (χ1n) is 10.2. The molecule has 26 heavy (non-hydrogen) atoms. The molecule has 0 unspecified atom stereocenters. The van der Waals surface area contributed by atoms with Gasteiger partial charge in [0.1, 0.15) is 5.75 Å². The Labute approximate surface area is 159 Å². The Bertz CT molecular complexity index is 523. The molecular formula is C22H36N2O2. The van der Waals surface area contributed by atoms with Crippen LogP contribution in [0.25, 0.3) is 0 Å². The third-order valence-electron chi connectivity index (χ3n) is 4.44. The van der Waals surface area contributed by atoms with Crippen molar-refractivity contribution in [2.24, 2.45) is 5.10 Å². The maximum absolute atomic E-state index is 11.9. The van der Waals surface area contributed by atoms with Crippen LogP contribution >= 0.6 is 0 Å². The van der Waals surface area contributed by atoms with Crippen LogP contribution in [0.2, 0.25) is 0 Å². The molecule has 1 aromatic rings. The van der Waals surface area contributed by atoms with Gasteiger partial charge in [-0.1, -0.05) is 58.3 Å². The highest BCUT2D eigenvalue weighted by Crippen LogP contribution is 2.13. The zero-order valence-electron chi connectivity index (χ0n) is 16.9. The second kappa shape index (κ2) is 14.3. The van der Waals surface area contributed by atoms with Gasteiger partial charge < -0.3 is 4.74 Å². The number of hydrogen-bond donors (Lipinski definition) is 1. The maximum Gasteiger partial charge on any atom is 0.240 e. The fourth-order valence-electron chi connectivity index (χ4n) is 2.82. The first-order chi connectivity index (χ1) is 12.7. The van der Waals surface area contributed by atoms with Crippen molar-refractivity contribution in [1.29, 1.82) is 0 Å². The van der Waals surface area contributed by atoms with Gasteiger partial charge in [0, 0.05) is 6.42 Å². The summed E-state index contributed by atoms with van der Waals surface area (Å²) in [5, 5.41) is 4.20. The van der Waals surface area contributed by atoms with Crippen LogP contribution < -0.4 is 10.2 Å². The Kier molecular flexibility index (Phi) is 12.2. The lowest BCUT2D eigenvalue weighted by Crippen LogP contribution is -2.18. The quantitative estimate of drug-likeness (QED) is 0.257. The minimum absolute atomic E-state index is 0.00164. The fraction of sp³-hybridized carbons (Fsp3) is 0.636. The molecule has 0 spiro atoms. The summed E-state index contributed by atoms with van der Waals surface area (Å²) in [5.74, 6) is 0.844. The third-order valence-corrected chi connectivity index (χ3v) is 4.44. The average Bonchev–Trinajstić information content (AvgIpc) is 2.65. The average molecular weight is 361 g/mol. The SMILES string of the molecule is CCCCCCCCCCCC(=O)NN=C(C)c1ccc(OCC)cc1. The highest BCUT2D eigenvalue weighted by Gasteiger charge is 2.02. The summed E-state index contributed by atoms with van der Waals surface area (Å²) in [4.78, 5) is 11.9. The number of unbranched alkanes of at least 4 members (excludes halogenated alkanes) is 8. The molecule has 0 saturated carbocycles. The normalized spacial score (nSPS) is 11.4. The van der Waals surface area contributed by atoms with Gasteiger partial charge >= 0.3 is 0 Å². The number of carbonyl (C=O) groups is 1. The summed E-state index contributed by atoms with van der Waals surface area (Å²) in [7, 11) is 0. The number of nitrogens with one attached hydrogen (secondary N) is 1. The molecule has 1 amide bonds. The van der Waals surface area contributed by atoms with Crippen LogP contribution in [-0.4, -0.2) is 18.2 Å². The Morgan fingerprint density at radius 2 is 1.50 bits per heavy atom. The topological polar surface area (TPSA) is 50.7 Å². The first-order valence-corrected chi connectivity index (χ1v) is 10.2. The van der Waals surface area contributed by atoms with E-state index < -0.39 is 0 Å². The van der Waals surface area contributed by atoms with Crippen LogP contribution in [0, 0.1) is 0 Å². The molecule has 4 heteroatoms. The molecule has 0 aliphatic carbocycles. The van der Waals surface area contributed by atoms with Gasteiger partial charge in [-0.15, -0.1) is 0 Å². The van der Waals surface area contributed by atoms with Crippen LogP contribution in [0.5, 0.6) is 5.75 Å². The van der Waals surface area contributed by atoms with Crippen molar-refractivity contribution >= 4 is 11.6 Å². The molecular weight excluding hydrogens is 324 g/mol. The van der Waals surface area contributed by atoms with Crippen LogP contribution in [0.3, 0.4) is 0 Å². The van der Waals surface area contributed by atoms with Crippen LogP contribution in [0.4, 0.5) is 0 Å². The van der Waals surface area contributed by atoms with Crippen LogP contribution in [0.1, 0.15) is 90.5 Å². The van der Waals surface area contributed by atoms with E-state index >= 15 is 0 Å². The second-order valence-electron chi connectivity index (χ2n) is 6.77. The minimum Gasteiger partial charge on any atom is -0.494 e. The summed E-state index contributed by atoms with van der Waals surface area (Å²) in [5.41, 5.74) is 4.45. The number of rotatable bonds is 14. The first kappa shape index (κ1) is 22.2. The zero-order chi connectivity index (χ0) is 19.0. The molecule has 1 rings (SSSR count). The number of carbonyl (C=O) groups excluding carboxylic acids is 1. The molecule has 1 aromatic carbocycles. The number of hydrazone groups is 1.